The van der Waals surface area contributed by atoms with Crippen LogP contribution in [0.5, 0.6) is 5.75 Å². The van der Waals surface area contributed by atoms with Crippen LogP contribution >= 0.6 is 24.0 Å². The van der Waals surface area contributed by atoms with Crippen molar-refractivity contribution in [1.82, 2.24) is 10.6 Å². The summed E-state index contributed by atoms with van der Waals surface area (Å²) in [6.07, 6.45) is 3.90. The zero-order valence-electron chi connectivity index (χ0n) is 12.2. The van der Waals surface area contributed by atoms with Gasteiger partial charge in [0.05, 0.1) is 7.11 Å². The fraction of sp³-hybridized carbons (Fsp3) is 0.400. The van der Waals surface area contributed by atoms with Crippen molar-refractivity contribution < 1.29 is 4.74 Å². The van der Waals surface area contributed by atoms with Gasteiger partial charge in [-0.1, -0.05) is 18.2 Å². The van der Waals surface area contributed by atoms with Crippen LogP contribution < -0.4 is 15.4 Å². The molecule has 0 saturated heterocycles. The molecular formula is C15H24IN3O. The van der Waals surface area contributed by atoms with Gasteiger partial charge in [0.25, 0.3) is 0 Å². The van der Waals surface area contributed by atoms with E-state index in [9.17, 15) is 0 Å². The van der Waals surface area contributed by atoms with E-state index >= 15 is 0 Å². The number of rotatable bonds is 7. The Labute approximate surface area is 138 Å². The first kappa shape index (κ1) is 18.8. The van der Waals surface area contributed by atoms with Crippen LogP contribution in [0.25, 0.3) is 0 Å². The third-order valence-electron chi connectivity index (χ3n) is 2.73. The number of nitrogens with one attached hydrogen (secondary N) is 2. The van der Waals surface area contributed by atoms with Gasteiger partial charge in [0.15, 0.2) is 5.96 Å². The number of guanidine groups is 1. The molecule has 1 rings (SSSR count). The van der Waals surface area contributed by atoms with Gasteiger partial charge in [-0.05, 0) is 30.5 Å². The Morgan fingerprint density at radius 3 is 2.55 bits per heavy atom. The maximum absolute atomic E-state index is 5.13. The molecule has 4 nitrogen and oxygen atoms in total. The van der Waals surface area contributed by atoms with Crippen molar-refractivity contribution in [2.45, 2.75) is 12.8 Å². The van der Waals surface area contributed by atoms with E-state index in [2.05, 4.69) is 34.3 Å². The summed E-state index contributed by atoms with van der Waals surface area (Å²) in [5, 5.41) is 6.40. The first-order chi connectivity index (χ1) is 9.30. The maximum atomic E-state index is 5.13. The van der Waals surface area contributed by atoms with Crippen molar-refractivity contribution in [3.8, 4) is 5.75 Å². The van der Waals surface area contributed by atoms with Gasteiger partial charge in [-0.15, -0.1) is 30.6 Å². The molecule has 1 aromatic carbocycles. The van der Waals surface area contributed by atoms with Gasteiger partial charge in [0.2, 0.25) is 0 Å². The fourth-order valence-corrected chi connectivity index (χ4v) is 1.68. The summed E-state index contributed by atoms with van der Waals surface area (Å²) in [6.45, 7) is 5.27. The molecule has 112 valence electrons. The number of benzene rings is 1. The second kappa shape index (κ2) is 11.6. The average Bonchev–Trinajstić information content (AvgIpc) is 2.47. The van der Waals surface area contributed by atoms with Crippen LogP contribution in [0.15, 0.2) is 41.9 Å². The molecule has 0 spiro atoms. The minimum Gasteiger partial charge on any atom is -0.497 e. The normalized spacial score (nSPS) is 10.4. The van der Waals surface area contributed by atoms with E-state index in [1.807, 2.05) is 18.2 Å². The third-order valence-corrected chi connectivity index (χ3v) is 2.73. The molecule has 0 fully saturated rings. The predicted molar refractivity (Wildman–Crippen MR) is 96.3 cm³/mol. The zero-order chi connectivity index (χ0) is 13.9. The van der Waals surface area contributed by atoms with E-state index in [0.717, 1.165) is 37.6 Å². The standard InChI is InChI=1S/C15H23N3O.HI/c1-4-11-17-15(16-2)18-12-5-6-13-7-9-14(19-3)10-8-13;/h4,7-10H,1,5-6,11-12H2,2-3H3,(H2,16,17,18);1H. The Bertz CT molecular complexity index is 404. The highest BCUT2D eigenvalue weighted by Crippen LogP contribution is 2.12. The largest absolute Gasteiger partial charge is 0.497 e. The predicted octanol–water partition coefficient (Wildman–Crippen LogP) is 2.60. The number of methoxy groups -OCH3 is 1. The second-order valence-corrected chi connectivity index (χ2v) is 4.12. The van der Waals surface area contributed by atoms with E-state index < -0.39 is 0 Å². The van der Waals surface area contributed by atoms with Crippen LogP contribution in [0.4, 0.5) is 0 Å². The van der Waals surface area contributed by atoms with Gasteiger partial charge in [-0.25, -0.2) is 0 Å². The molecule has 0 bridgehead atoms. The van der Waals surface area contributed by atoms with Crippen molar-refractivity contribution in [2.75, 3.05) is 27.2 Å². The molecule has 2 N–H and O–H groups in total. The molecule has 0 aliphatic rings. The van der Waals surface area contributed by atoms with E-state index in [-0.39, 0.29) is 24.0 Å². The minimum absolute atomic E-state index is 0. The lowest BCUT2D eigenvalue weighted by Gasteiger charge is -2.10. The zero-order valence-corrected chi connectivity index (χ0v) is 14.5. The summed E-state index contributed by atoms with van der Waals surface area (Å²) < 4.78 is 5.13. The lowest BCUT2D eigenvalue weighted by Crippen LogP contribution is -2.37. The summed E-state index contributed by atoms with van der Waals surface area (Å²) >= 11 is 0. The topological polar surface area (TPSA) is 45.7 Å². The van der Waals surface area contributed by atoms with Gasteiger partial charge in [-0.2, -0.15) is 0 Å². The number of halogens is 1. The molecule has 0 radical (unpaired) electrons. The number of aryl methyl sites for hydroxylation is 1. The van der Waals surface area contributed by atoms with Gasteiger partial charge in [0, 0.05) is 20.1 Å². The van der Waals surface area contributed by atoms with Crippen molar-refractivity contribution in [3.63, 3.8) is 0 Å². The second-order valence-electron chi connectivity index (χ2n) is 4.12. The van der Waals surface area contributed by atoms with Gasteiger partial charge < -0.3 is 15.4 Å². The first-order valence-electron chi connectivity index (χ1n) is 6.48. The smallest absolute Gasteiger partial charge is 0.191 e. The number of ether oxygens (including phenoxy) is 1. The lowest BCUT2D eigenvalue weighted by molar-refractivity contribution is 0.414. The number of hydrogen-bond donors (Lipinski definition) is 2. The Morgan fingerprint density at radius 1 is 1.30 bits per heavy atom. The van der Waals surface area contributed by atoms with Crippen LogP contribution in [0.2, 0.25) is 0 Å². The van der Waals surface area contributed by atoms with E-state index in [0.29, 0.717) is 0 Å². The third kappa shape index (κ3) is 7.37. The molecule has 0 unspecified atom stereocenters. The molecule has 0 aliphatic carbocycles. The Morgan fingerprint density at radius 2 is 2.00 bits per heavy atom. The van der Waals surface area contributed by atoms with Gasteiger partial charge in [0.1, 0.15) is 5.75 Å². The highest BCUT2D eigenvalue weighted by Gasteiger charge is 1.97. The monoisotopic (exact) mass is 389 g/mol. The molecule has 0 aliphatic heterocycles. The molecule has 0 amide bonds. The van der Waals surface area contributed by atoms with E-state index in [1.54, 1.807) is 14.2 Å². The highest BCUT2D eigenvalue weighted by molar-refractivity contribution is 14.0. The van der Waals surface area contributed by atoms with Crippen LogP contribution in [0.3, 0.4) is 0 Å². The van der Waals surface area contributed by atoms with Crippen molar-refractivity contribution in [2.24, 2.45) is 4.99 Å². The number of nitrogens with zero attached hydrogens (tertiary/aromatic N) is 1. The summed E-state index contributed by atoms with van der Waals surface area (Å²) in [5.74, 6) is 1.71. The van der Waals surface area contributed by atoms with Gasteiger partial charge >= 0.3 is 0 Å². The van der Waals surface area contributed by atoms with Crippen LogP contribution in [0.1, 0.15) is 12.0 Å². The molecule has 1 aromatic rings. The van der Waals surface area contributed by atoms with Crippen LogP contribution in [0, 0.1) is 0 Å². The average molecular weight is 389 g/mol. The van der Waals surface area contributed by atoms with E-state index in [4.69, 9.17) is 4.74 Å². The molecule has 0 aromatic heterocycles. The van der Waals surface area contributed by atoms with Crippen molar-refractivity contribution in [3.05, 3.63) is 42.5 Å². The number of hydrogen-bond acceptors (Lipinski definition) is 2. The molecular weight excluding hydrogens is 365 g/mol. The fourth-order valence-electron chi connectivity index (χ4n) is 1.68. The van der Waals surface area contributed by atoms with Crippen LogP contribution in [-0.4, -0.2) is 33.2 Å². The minimum atomic E-state index is 0. The number of aliphatic imine (C=N–C) groups is 1. The quantitative estimate of drug-likeness (QED) is 0.248. The Balaban J connectivity index is 0.00000361. The molecule has 20 heavy (non-hydrogen) atoms. The summed E-state index contributed by atoms with van der Waals surface area (Å²) in [7, 11) is 3.45. The lowest BCUT2D eigenvalue weighted by atomic mass is 10.1. The summed E-state index contributed by atoms with van der Waals surface area (Å²) in [5.41, 5.74) is 1.32. The van der Waals surface area contributed by atoms with E-state index in [1.165, 1.54) is 5.56 Å². The van der Waals surface area contributed by atoms with Gasteiger partial charge in [-0.3, -0.25) is 4.99 Å². The maximum Gasteiger partial charge on any atom is 0.191 e. The molecule has 0 atom stereocenters. The van der Waals surface area contributed by atoms with Crippen molar-refractivity contribution in [1.29, 1.82) is 0 Å². The van der Waals surface area contributed by atoms with Crippen LogP contribution in [-0.2, 0) is 6.42 Å². The molecule has 5 heteroatoms. The highest BCUT2D eigenvalue weighted by atomic mass is 127. The Kier molecular flexibility index (Phi) is 10.9. The Hall–Kier alpha value is -1.24. The molecule has 0 heterocycles. The SMILES string of the molecule is C=CCNC(=NC)NCCCc1ccc(OC)cc1.I. The van der Waals surface area contributed by atoms with Crippen molar-refractivity contribution >= 4 is 29.9 Å². The molecule has 0 saturated carbocycles. The summed E-state index contributed by atoms with van der Waals surface area (Å²) in [6, 6.07) is 8.19. The first-order valence-corrected chi connectivity index (χ1v) is 6.48. The summed E-state index contributed by atoms with van der Waals surface area (Å²) in [4.78, 5) is 4.12.